The van der Waals surface area contributed by atoms with Crippen LogP contribution in [0.3, 0.4) is 0 Å². The van der Waals surface area contributed by atoms with Crippen molar-refractivity contribution >= 4 is 11.0 Å². The topological polar surface area (TPSA) is 100 Å². The SMILES string of the molecule is COc1c(-c2ccc(O)c(O)c2CC=C(C)C)oc2cccc(O)c2c1=O. The van der Waals surface area contributed by atoms with Crippen LogP contribution in [0.4, 0.5) is 0 Å². The molecule has 0 amide bonds. The minimum absolute atomic E-state index is 0.0203. The van der Waals surface area contributed by atoms with Crippen LogP contribution >= 0.6 is 0 Å². The summed E-state index contributed by atoms with van der Waals surface area (Å²) in [6.45, 7) is 3.83. The van der Waals surface area contributed by atoms with Gasteiger partial charge in [0.05, 0.1) is 7.11 Å². The third-order valence-electron chi connectivity index (χ3n) is 4.28. The average Bonchev–Trinajstić information content (AvgIpc) is 2.62. The van der Waals surface area contributed by atoms with E-state index in [1.807, 2.05) is 19.9 Å². The van der Waals surface area contributed by atoms with Gasteiger partial charge in [-0.05, 0) is 44.5 Å². The number of hydrogen-bond acceptors (Lipinski definition) is 6. The molecule has 6 heteroatoms. The molecule has 3 N–H and O–H groups in total. The molecular formula is C21H20O6. The lowest BCUT2D eigenvalue weighted by atomic mass is 9.98. The van der Waals surface area contributed by atoms with Crippen LogP contribution < -0.4 is 10.2 Å². The molecule has 0 spiro atoms. The Balaban J connectivity index is 2.38. The molecule has 0 aliphatic rings. The first-order valence-corrected chi connectivity index (χ1v) is 8.35. The lowest BCUT2D eigenvalue weighted by Crippen LogP contribution is -2.08. The van der Waals surface area contributed by atoms with Gasteiger partial charge in [-0.1, -0.05) is 17.7 Å². The van der Waals surface area contributed by atoms with Gasteiger partial charge in [0.15, 0.2) is 17.3 Å². The maximum absolute atomic E-state index is 12.8. The van der Waals surface area contributed by atoms with E-state index in [4.69, 9.17) is 9.15 Å². The number of rotatable bonds is 4. The molecule has 0 aliphatic carbocycles. The first kappa shape index (κ1) is 18.4. The highest BCUT2D eigenvalue weighted by molar-refractivity contribution is 5.87. The number of ether oxygens (including phenoxy) is 1. The molecule has 0 radical (unpaired) electrons. The second-order valence-corrected chi connectivity index (χ2v) is 6.39. The van der Waals surface area contributed by atoms with Crippen LogP contribution in [0.25, 0.3) is 22.3 Å². The Morgan fingerprint density at radius 1 is 1.11 bits per heavy atom. The number of aromatic hydroxyl groups is 3. The molecule has 140 valence electrons. The van der Waals surface area contributed by atoms with Gasteiger partial charge in [0.2, 0.25) is 11.2 Å². The van der Waals surface area contributed by atoms with E-state index >= 15 is 0 Å². The average molecular weight is 368 g/mol. The summed E-state index contributed by atoms with van der Waals surface area (Å²) >= 11 is 0. The van der Waals surface area contributed by atoms with Crippen molar-refractivity contribution < 1.29 is 24.5 Å². The van der Waals surface area contributed by atoms with Crippen molar-refractivity contribution in [3.8, 4) is 34.3 Å². The summed E-state index contributed by atoms with van der Waals surface area (Å²) in [6, 6.07) is 7.40. The highest BCUT2D eigenvalue weighted by Crippen LogP contribution is 2.41. The second kappa shape index (κ2) is 7.07. The van der Waals surface area contributed by atoms with Gasteiger partial charge >= 0.3 is 0 Å². The normalized spacial score (nSPS) is 10.8. The number of phenolic OH excluding ortho intramolecular Hbond substituents is 3. The molecule has 27 heavy (non-hydrogen) atoms. The van der Waals surface area contributed by atoms with Crippen molar-refractivity contribution in [2.24, 2.45) is 0 Å². The first-order valence-electron chi connectivity index (χ1n) is 8.35. The minimum Gasteiger partial charge on any atom is -0.507 e. The van der Waals surface area contributed by atoms with Gasteiger partial charge < -0.3 is 24.5 Å². The molecule has 1 heterocycles. The fraction of sp³-hybridized carbons (Fsp3) is 0.190. The highest BCUT2D eigenvalue weighted by Gasteiger charge is 2.23. The maximum atomic E-state index is 12.8. The number of phenols is 3. The summed E-state index contributed by atoms with van der Waals surface area (Å²) in [6.07, 6.45) is 2.21. The van der Waals surface area contributed by atoms with Gasteiger partial charge in [0.1, 0.15) is 16.7 Å². The third kappa shape index (κ3) is 3.21. The summed E-state index contributed by atoms with van der Waals surface area (Å²) in [7, 11) is 1.33. The number of benzene rings is 2. The Morgan fingerprint density at radius 2 is 1.85 bits per heavy atom. The molecule has 0 bridgehead atoms. The van der Waals surface area contributed by atoms with Crippen LogP contribution in [-0.2, 0) is 6.42 Å². The van der Waals surface area contributed by atoms with E-state index in [1.54, 1.807) is 18.2 Å². The molecule has 0 fully saturated rings. The molecule has 0 saturated heterocycles. The van der Waals surface area contributed by atoms with Gasteiger partial charge in [-0.15, -0.1) is 0 Å². The zero-order chi connectivity index (χ0) is 19.7. The Kier molecular flexibility index (Phi) is 4.81. The Bertz CT molecular complexity index is 1100. The standard InChI is InChI=1S/C21H20O6/c1-11(2)7-8-12-13(9-10-15(23)18(12)24)20-21(26-3)19(25)17-14(22)5-4-6-16(17)27-20/h4-7,9-10,22-24H,8H2,1-3H3. The number of fused-ring (bicyclic) bond motifs is 1. The largest absolute Gasteiger partial charge is 0.507 e. The molecule has 0 unspecified atom stereocenters. The molecule has 2 aromatic carbocycles. The van der Waals surface area contributed by atoms with Crippen molar-refractivity contribution in [2.45, 2.75) is 20.3 Å². The van der Waals surface area contributed by atoms with Gasteiger partial charge in [-0.2, -0.15) is 0 Å². The van der Waals surface area contributed by atoms with Crippen LogP contribution in [-0.4, -0.2) is 22.4 Å². The summed E-state index contributed by atoms with van der Waals surface area (Å²) < 4.78 is 11.1. The van der Waals surface area contributed by atoms with Crippen molar-refractivity contribution in [3.63, 3.8) is 0 Å². The third-order valence-corrected chi connectivity index (χ3v) is 4.28. The van der Waals surface area contributed by atoms with E-state index in [0.29, 0.717) is 17.5 Å². The summed E-state index contributed by atoms with van der Waals surface area (Å²) in [5, 5.41) is 30.3. The molecule has 3 aromatic rings. The summed E-state index contributed by atoms with van der Waals surface area (Å²) in [4.78, 5) is 12.8. The number of allylic oxidation sites excluding steroid dienone is 2. The smallest absolute Gasteiger partial charge is 0.238 e. The van der Waals surface area contributed by atoms with Crippen molar-refractivity contribution in [1.29, 1.82) is 0 Å². The molecule has 0 saturated carbocycles. The van der Waals surface area contributed by atoms with Crippen LogP contribution in [0.5, 0.6) is 23.0 Å². The van der Waals surface area contributed by atoms with Crippen LogP contribution in [0, 0.1) is 0 Å². The van der Waals surface area contributed by atoms with E-state index < -0.39 is 5.43 Å². The molecule has 3 rings (SSSR count). The van der Waals surface area contributed by atoms with Gasteiger partial charge in [0.25, 0.3) is 0 Å². The molecule has 0 atom stereocenters. The summed E-state index contributed by atoms with van der Waals surface area (Å²) in [5.41, 5.74) is 1.52. The zero-order valence-corrected chi connectivity index (χ0v) is 15.2. The lowest BCUT2D eigenvalue weighted by Gasteiger charge is -2.14. The highest BCUT2D eigenvalue weighted by atomic mass is 16.5. The first-order chi connectivity index (χ1) is 12.8. The van der Waals surface area contributed by atoms with E-state index in [2.05, 4.69) is 0 Å². The van der Waals surface area contributed by atoms with Gasteiger partial charge in [0, 0.05) is 11.1 Å². The predicted octanol–water partition coefficient (Wildman–Crippen LogP) is 4.09. The van der Waals surface area contributed by atoms with Gasteiger partial charge in [-0.25, -0.2) is 0 Å². The molecule has 6 nitrogen and oxygen atoms in total. The Labute approximate surface area is 155 Å². The van der Waals surface area contributed by atoms with E-state index in [1.165, 1.54) is 19.2 Å². The second-order valence-electron chi connectivity index (χ2n) is 6.39. The van der Waals surface area contributed by atoms with Crippen LogP contribution in [0.15, 0.2) is 51.2 Å². The van der Waals surface area contributed by atoms with Crippen molar-refractivity contribution in [3.05, 3.63) is 57.8 Å². The quantitative estimate of drug-likeness (QED) is 0.474. The predicted molar refractivity (Wildman–Crippen MR) is 103 cm³/mol. The maximum Gasteiger partial charge on any atom is 0.238 e. The fourth-order valence-corrected chi connectivity index (χ4v) is 2.92. The van der Waals surface area contributed by atoms with E-state index in [0.717, 1.165) is 5.57 Å². The zero-order valence-electron chi connectivity index (χ0n) is 15.2. The number of methoxy groups -OCH3 is 1. The Hall–Kier alpha value is -3.41. The van der Waals surface area contributed by atoms with Crippen molar-refractivity contribution in [1.82, 2.24) is 0 Å². The van der Waals surface area contributed by atoms with E-state index in [9.17, 15) is 20.1 Å². The van der Waals surface area contributed by atoms with Crippen molar-refractivity contribution in [2.75, 3.05) is 7.11 Å². The number of hydrogen-bond donors (Lipinski definition) is 3. The van der Waals surface area contributed by atoms with E-state index in [-0.39, 0.29) is 39.7 Å². The van der Waals surface area contributed by atoms with Crippen LogP contribution in [0.1, 0.15) is 19.4 Å². The van der Waals surface area contributed by atoms with Gasteiger partial charge in [-0.3, -0.25) is 4.79 Å². The van der Waals surface area contributed by atoms with Crippen LogP contribution in [0.2, 0.25) is 0 Å². The monoisotopic (exact) mass is 368 g/mol. The minimum atomic E-state index is -0.521. The summed E-state index contributed by atoms with van der Waals surface area (Å²) in [5.74, 6) is -0.730. The lowest BCUT2D eigenvalue weighted by molar-refractivity contribution is 0.394. The molecular weight excluding hydrogens is 348 g/mol. The molecule has 1 aromatic heterocycles. The Morgan fingerprint density at radius 3 is 2.52 bits per heavy atom. The fourth-order valence-electron chi connectivity index (χ4n) is 2.92. The molecule has 0 aliphatic heterocycles.